The van der Waals surface area contributed by atoms with E-state index in [0.717, 1.165) is 6.07 Å². The summed E-state index contributed by atoms with van der Waals surface area (Å²) in [5, 5.41) is 13.4. The number of nitrogens with one attached hydrogen (secondary N) is 2. The van der Waals surface area contributed by atoms with E-state index in [0.29, 0.717) is 25.9 Å². The van der Waals surface area contributed by atoms with E-state index in [1.807, 2.05) is 0 Å². The summed E-state index contributed by atoms with van der Waals surface area (Å²) in [4.78, 5) is 9.79. The molecule has 116 valence electrons. The molecule has 1 fully saturated rings. The number of hydrogen-bond acceptors (Lipinski definition) is 5. The molecule has 0 amide bonds. The molecule has 0 spiro atoms. The molecule has 1 aromatic carbocycles. The van der Waals surface area contributed by atoms with E-state index in [-0.39, 0.29) is 16.0 Å². The number of piperidine rings is 1. The lowest BCUT2D eigenvalue weighted by molar-refractivity contribution is -0.384. The third-order valence-corrected chi connectivity index (χ3v) is 5.53. The Bertz CT molecular complexity index is 660. The molecule has 1 aromatic rings. The maximum absolute atomic E-state index is 12.3. The van der Waals surface area contributed by atoms with Crippen LogP contribution in [-0.2, 0) is 10.0 Å². The first-order valence-electron chi connectivity index (χ1n) is 6.18. The van der Waals surface area contributed by atoms with Crippen molar-refractivity contribution in [1.82, 2.24) is 10.0 Å². The molecule has 0 atom stereocenters. The van der Waals surface area contributed by atoms with Gasteiger partial charge in [0, 0.05) is 6.04 Å². The van der Waals surface area contributed by atoms with E-state index < -0.39 is 25.7 Å². The summed E-state index contributed by atoms with van der Waals surface area (Å²) in [5.41, 5.74) is -0.605. The van der Waals surface area contributed by atoms with Gasteiger partial charge in [-0.05, 0) is 38.1 Å². The van der Waals surface area contributed by atoms with Crippen LogP contribution in [-0.4, -0.2) is 32.5 Å². The number of hydrogen-bond donors (Lipinski definition) is 2. The number of benzene rings is 1. The van der Waals surface area contributed by atoms with Crippen molar-refractivity contribution in [1.29, 1.82) is 0 Å². The van der Waals surface area contributed by atoms with Gasteiger partial charge in [-0.1, -0.05) is 23.2 Å². The average Bonchev–Trinajstić information content (AvgIpc) is 2.38. The zero-order valence-corrected chi connectivity index (χ0v) is 13.1. The predicted molar refractivity (Wildman–Crippen MR) is 79.3 cm³/mol. The normalized spacial score (nSPS) is 16.9. The summed E-state index contributed by atoms with van der Waals surface area (Å²) in [6.07, 6.45) is 1.29. The molecule has 0 unspecified atom stereocenters. The third kappa shape index (κ3) is 3.64. The summed E-state index contributed by atoms with van der Waals surface area (Å²) in [6.45, 7) is 1.42. The van der Waals surface area contributed by atoms with Crippen molar-refractivity contribution in [3.8, 4) is 0 Å². The van der Waals surface area contributed by atoms with Gasteiger partial charge in [0.25, 0.3) is 0 Å². The number of sulfonamides is 1. The van der Waals surface area contributed by atoms with Crippen LogP contribution in [0.15, 0.2) is 17.0 Å². The highest BCUT2D eigenvalue weighted by Gasteiger charge is 2.29. The molecule has 7 nitrogen and oxygen atoms in total. The lowest BCUT2D eigenvalue weighted by Gasteiger charge is -2.23. The highest BCUT2D eigenvalue weighted by Crippen LogP contribution is 2.37. The van der Waals surface area contributed by atoms with Crippen molar-refractivity contribution >= 4 is 38.9 Å². The van der Waals surface area contributed by atoms with Gasteiger partial charge in [-0.2, -0.15) is 0 Å². The fourth-order valence-corrected chi connectivity index (χ4v) is 4.31. The fraction of sp³-hybridized carbons (Fsp3) is 0.455. The van der Waals surface area contributed by atoms with Gasteiger partial charge in [-0.25, -0.2) is 13.1 Å². The van der Waals surface area contributed by atoms with Crippen LogP contribution in [0.25, 0.3) is 0 Å². The standard InChI is InChI=1S/C11H13Cl2N3O4S/c12-8-1-2-9(10(13)11(8)16(17)18)21(19,20)15-7-3-5-14-6-4-7/h1-2,7,14-15H,3-6H2. The molecular formula is C11H13Cl2N3O4S. The summed E-state index contributed by atoms with van der Waals surface area (Å²) in [6, 6.07) is 2.10. The summed E-state index contributed by atoms with van der Waals surface area (Å²) in [5.74, 6) is 0. The van der Waals surface area contributed by atoms with Crippen molar-refractivity contribution in [3.05, 3.63) is 32.3 Å². The van der Waals surface area contributed by atoms with Gasteiger partial charge in [0.1, 0.15) is 14.9 Å². The largest absolute Gasteiger partial charge is 0.317 e. The van der Waals surface area contributed by atoms with Crippen LogP contribution < -0.4 is 10.0 Å². The highest BCUT2D eigenvalue weighted by molar-refractivity contribution is 7.89. The Morgan fingerprint density at radius 2 is 1.90 bits per heavy atom. The molecule has 1 saturated heterocycles. The third-order valence-electron chi connectivity index (χ3n) is 3.16. The van der Waals surface area contributed by atoms with Crippen molar-refractivity contribution in [3.63, 3.8) is 0 Å². The molecule has 2 rings (SSSR count). The van der Waals surface area contributed by atoms with Crippen LogP contribution in [0, 0.1) is 10.1 Å². The van der Waals surface area contributed by atoms with Crippen molar-refractivity contribution in [2.24, 2.45) is 0 Å². The monoisotopic (exact) mass is 353 g/mol. The molecule has 0 radical (unpaired) electrons. The Balaban J connectivity index is 2.36. The smallest absolute Gasteiger partial charge is 0.307 e. The van der Waals surface area contributed by atoms with E-state index in [9.17, 15) is 18.5 Å². The maximum Gasteiger partial charge on any atom is 0.307 e. The van der Waals surface area contributed by atoms with Gasteiger partial charge in [0.05, 0.1) is 4.92 Å². The van der Waals surface area contributed by atoms with Crippen LogP contribution in [0.4, 0.5) is 5.69 Å². The number of halogens is 2. The molecule has 2 N–H and O–H groups in total. The molecule has 1 heterocycles. The first-order chi connectivity index (χ1) is 9.83. The summed E-state index contributed by atoms with van der Waals surface area (Å²) in [7, 11) is -3.94. The zero-order valence-electron chi connectivity index (χ0n) is 10.8. The molecule has 0 aliphatic carbocycles. The Labute approximate surface area is 131 Å². The lowest BCUT2D eigenvalue weighted by atomic mass is 10.1. The van der Waals surface area contributed by atoms with E-state index in [1.165, 1.54) is 6.07 Å². The van der Waals surface area contributed by atoms with E-state index >= 15 is 0 Å². The Hall–Kier alpha value is -0.930. The Morgan fingerprint density at radius 1 is 1.29 bits per heavy atom. The van der Waals surface area contributed by atoms with Crippen molar-refractivity contribution in [2.45, 2.75) is 23.8 Å². The topological polar surface area (TPSA) is 101 Å². The van der Waals surface area contributed by atoms with E-state index in [4.69, 9.17) is 23.2 Å². The van der Waals surface area contributed by atoms with Gasteiger partial charge in [-0.3, -0.25) is 10.1 Å². The van der Waals surface area contributed by atoms with E-state index in [2.05, 4.69) is 10.0 Å². The number of rotatable bonds is 4. The fourth-order valence-electron chi connectivity index (χ4n) is 2.12. The van der Waals surface area contributed by atoms with Gasteiger partial charge in [0.2, 0.25) is 10.0 Å². The molecule has 0 aromatic heterocycles. The molecular weight excluding hydrogens is 341 g/mol. The molecule has 1 aliphatic heterocycles. The van der Waals surface area contributed by atoms with Crippen molar-refractivity contribution < 1.29 is 13.3 Å². The van der Waals surface area contributed by atoms with Crippen molar-refractivity contribution in [2.75, 3.05) is 13.1 Å². The van der Waals surface area contributed by atoms with Crippen LogP contribution in [0.2, 0.25) is 10.0 Å². The summed E-state index contributed by atoms with van der Waals surface area (Å²) < 4.78 is 27.2. The first kappa shape index (κ1) is 16.4. The maximum atomic E-state index is 12.3. The number of nitro benzene ring substituents is 1. The first-order valence-corrected chi connectivity index (χ1v) is 8.42. The van der Waals surface area contributed by atoms with Gasteiger partial charge in [0.15, 0.2) is 0 Å². The molecule has 10 heteroatoms. The zero-order chi connectivity index (χ0) is 15.6. The second-order valence-electron chi connectivity index (χ2n) is 4.61. The Kier molecular flexibility index (Phi) is 5.05. The minimum Gasteiger partial charge on any atom is -0.317 e. The predicted octanol–water partition coefficient (Wildman–Crippen LogP) is 1.93. The van der Waals surface area contributed by atoms with Gasteiger partial charge < -0.3 is 5.32 Å². The van der Waals surface area contributed by atoms with Crippen LogP contribution in [0.1, 0.15) is 12.8 Å². The molecule has 21 heavy (non-hydrogen) atoms. The van der Waals surface area contributed by atoms with Crippen LogP contribution in [0.3, 0.4) is 0 Å². The van der Waals surface area contributed by atoms with Gasteiger partial charge in [-0.15, -0.1) is 0 Å². The second-order valence-corrected chi connectivity index (χ2v) is 7.08. The van der Waals surface area contributed by atoms with Gasteiger partial charge >= 0.3 is 5.69 Å². The molecule has 0 saturated carbocycles. The van der Waals surface area contributed by atoms with E-state index in [1.54, 1.807) is 0 Å². The summed E-state index contributed by atoms with van der Waals surface area (Å²) >= 11 is 11.5. The number of nitrogens with zero attached hydrogens (tertiary/aromatic N) is 1. The second kappa shape index (κ2) is 6.45. The average molecular weight is 354 g/mol. The highest BCUT2D eigenvalue weighted by atomic mass is 35.5. The molecule has 1 aliphatic rings. The van der Waals surface area contributed by atoms with Crippen LogP contribution in [0.5, 0.6) is 0 Å². The lowest BCUT2D eigenvalue weighted by Crippen LogP contribution is -2.42. The number of nitro groups is 1. The minimum atomic E-state index is -3.94. The van der Waals surface area contributed by atoms with Crippen LogP contribution >= 0.6 is 23.2 Å². The SMILES string of the molecule is O=[N+]([O-])c1c(Cl)ccc(S(=O)(=O)NC2CCNCC2)c1Cl. The Morgan fingerprint density at radius 3 is 2.48 bits per heavy atom. The quantitative estimate of drug-likeness (QED) is 0.636. The minimum absolute atomic E-state index is 0.203. The molecule has 0 bridgehead atoms.